The van der Waals surface area contributed by atoms with Crippen molar-refractivity contribution in [3.05, 3.63) is 42.2 Å². The quantitative estimate of drug-likeness (QED) is 0.445. The maximum atomic E-state index is 11.7. The molecule has 1 aliphatic heterocycles. The van der Waals surface area contributed by atoms with Gasteiger partial charge in [-0.1, -0.05) is 24.3 Å². The number of carbonyl (C=O) groups is 1. The second-order valence-electron chi connectivity index (χ2n) is 6.69. The number of ether oxygens (including phenoxy) is 2. The zero-order valence-electron chi connectivity index (χ0n) is 15.7. The number of nitrogens with two attached hydrogens (primary N) is 1. The van der Waals surface area contributed by atoms with E-state index in [4.69, 9.17) is 20.6 Å². The van der Waals surface area contributed by atoms with Crippen LogP contribution in [0, 0.1) is 5.41 Å². The Balaban J connectivity index is 1.55. The van der Waals surface area contributed by atoms with Crippen molar-refractivity contribution in [3.63, 3.8) is 0 Å². The highest BCUT2D eigenvalue weighted by molar-refractivity contribution is 5.98. The fourth-order valence-corrected chi connectivity index (χ4v) is 2.92. The van der Waals surface area contributed by atoms with Gasteiger partial charge in [0.2, 0.25) is 5.95 Å². The number of nitrogens with zero attached hydrogens (tertiary/aromatic N) is 2. The van der Waals surface area contributed by atoms with Crippen molar-refractivity contribution in [2.45, 2.75) is 25.4 Å². The van der Waals surface area contributed by atoms with Gasteiger partial charge in [0.25, 0.3) is 0 Å². The summed E-state index contributed by atoms with van der Waals surface area (Å²) >= 11 is 0. The van der Waals surface area contributed by atoms with Gasteiger partial charge in [-0.25, -0.2) is 9.97 Å². The molecule has 4 N–H and O–H groups in total. The zero-order chi connectivity index (χ0) is 19.8. The van der Waals surface area contributed by atoms with Gasteiger partial charge in [0.1, 0.15) is 5.78 Å². The van der Waals surface area contributed by atoms with Crippen molar-refractivity contribution in [1.82, 2.24) is 9.97 Å². The van der Waals surface area contributed by atoms with Gasteiger partial charge in [0.05, 0.1) is 38.2 Å². The second-order valence-corrected chi connectivity index (χ2v) is 6.69. The van der Waals surface area contributed by atoms with Crippen molar-refractivity contribution in [1.29, 1.82) is 5.41 Å². The Labute approximate surface area is 164 Å². The molecule has 2 heterocycles. The number of rotatable bonds is 9. The molecule has 2 aromatic rings. The van der Waals surface area contributed by atoms with E-state index in [1.165, 1.54) is 0 Å². The minimum atomic E-state index is -0.0906. The normalized spacial score (nSPS) is 16.5. The summed E-state index contributed by atoms with van der Waals surface area (Å²) in [5.74, 6) is 0.431. The number of anilines is 1. The molecule has 0 saturated carbocycles. The summed E-state index contributed by atoms with van der Waals surface area (Å²) in [5.41, 5.74) is 8.21. The van der Waals surface area contributed by atoms with Gasteiger partial charge in [-0.05, 0) is 17.5 Å². The monoisotopic (exact) mass is 383 g/mol. The molecule has 28 heavy (non-hydrogen) atoms. The van der Waals surface area contributed by atoms with E-state index < -0.39 is 0 Å². The highest BCUT2D eigenvalue weighted by atomic mass is 16.6. The highest BCUT2D eigenvalue weighted by Crippen LogP contribution is 2.20. The molecule has 1 saturated heterocycles. The Morgan fingerprint density at radius 1 is 1.25 bits per heavy atom. The number of hydrogen-bond acceptors (Lipinski definition) is 7. The third-order valence-corrected chi connectivity index (χ3v) is 4.37. The van der Waals surface area contributed by atoms with Crippen LogP contribution in [-0.2, 0) is 20.7 Å². The first kappa shape index (κ1) is 19.9. The Kier molecular flexibility index (Phi) is 7.05. The van der Waals surface area contributed by atoms with Crippen LogP contribution < -0.4 is 11.1 Å². The minimum Gasteiger partial charge on any atom is -0.387 e. The van der Waals surface area contributed by atoms with E-state index >= 15 is 0 Å². The zero-order valence-corrected chi connectivity index (χ0v) is 15.7. The van der Waals surface area contributed by atoms with Crippen molar-refractivity contribution >= 4 is 17.6 Å². The molecule has 0 amide bonds. The number of carbonyl (C=O) groups excluding carboxylic acids is 1. The van der Waals surface area contributed by atoms with Crippen molar-refractivity contribution < 1.29 is 14.3 Å². The Morgan fingerprint density at radius 3 is 2.79 bits per heavy atom. The fourth-order valence-electron chi connectivity index (χ4n) is 2.92. The number of aromatic nitrogens is 2. The van der Waals surface area contributed by atoms with Crippen molar-refractivity contribution in [2.24, 2.45) is 5.73 Å². The van der Waals surface area contributed by atoms with Crippen molar-refractivity contribution in [3.8, 4) is 11.1 Å². The largest absolute Gasteiger partial charge is 0.387 e. The number of nitrogens with one attached hydrogen (secondary N) is 2. The molecule has 0 aliphatic carbocycles. The first-order chi connectivity index (χ1) is 13.6. The van der Waals surface area contributed by atoms with E-state index in [1.807, 2.05) is 24.3 Å². The molecule has 148 valence electrons. The summed E-state index contributed by atoms with van der Waals surface area (Å²) in [7, 11) is 0. The molecule has 8 heteroatoms. The van der Waals surface area contributed by atoms with Gasteiger partial charge >= 0.3 is 0 Å². The lowest BCUT2D eigenvalue weighted by Crippen LogP contribution is -2.34. The molecule has 0 spiro atoms. The highest BCUT2D eigenvalue weighted by Gasteiger charge is 2.14. The van der Waals surface area contributed by atoms with Crippen LogP contribution in [0.1, 0.15) is 18.4 Å². The maximum Gasteiger partial charge on any atom is 0.222 e. The first-order valence-corrected chi connectivity index (χ1v) is 9.29. The number of hydrogen-bond donors (Lipinski definition) is 3. The van der Waals surface area contributed by atoms with Crippen LogP contribution in [0.25, 0.3) is 11.1 Å². The van der Waals surface area contributed by atoms with Gasteiger partial charge in [0.15, 0.2) is 0 Å². The summed E-state index contributed by atoms with van der Waals surface area (Å²) < 4.78 is 10.9. The second kappa shape index (κ2) is 9.91. The first-order valence-electron chi connectivity index (χ1n) is 9.29. The van der Waals surface area contributed by atoms with E-state index in [1.54, 1.807) is 12.4 Å². The summed E-state index contributed by atoms with van der Waals surface area (Å²) in [6.45, 7) is 2.43. The molecular weight excluding hydrogens is 358 g/mol. The van der Waals surface area contributed by atoms with Crippen LogP contribution in [0.2, 0.25) is 0 Å². The lowest BCUT2D eigenvalue weighted by Gasteiger charge is -2.22. The molecular formula is C20H25N5O3. The summed E-state index contributed by atoms with van der Waals surface area (Å²) in [6, 6.07) is 7.94. The molecule has 8 nitrogen and oxygen atoms in total. The molecule has 3 rings (SSSR count). The van der Waals surface area contributed by atoms with Gasteiger partial charge in [0, 0.05) is 30.9 Å². The van der Waals surface area contributed by atoms with Gasteiger partial charge in [-0.15, -0.1) is 0 Å². The third kappa shape index (κ3) is 6.11. The van der Waals surface area contributed by atoms with E-state index in [0.717, 1.165) is 16.7 Å². The van der Waals surface area contributed by atoms with Gasteiger partial charge in [-0.3, -0.25) is 10.2 Å². The summed E-state index contributed by atoms with van der Waals surface area (Å²) in [6.07, 6.45) is 4.56. The smallest absolute Gasteiger partial charge is 0.222 e. The summed E-state index contributed by atoms with van der Waals surface area (Å²) in [4.78, 5) is 20.5. The number of benzene rings is 1. The Bertz CT molecular complexity index is 804. The summed E-state index contributed by atoms with van der Waals surface area (Å²) in [5, 5.41) is 10.3. The Hall–Kier alpha value is -2.84. The minimum absolute atomic E-state index is 0.0134. The molecule has 0 bridgehead atoms. The average Bonchev–Trinajstić information content (AvgIpc) is 2.72. The van der Waals surface area contributed by atoms with E-state index in [0.29, 0.717) is 45.2 Å². The lowest BCUT2D eigenvalue weighted by atomic mass is 10.0. The predicted octanol–water partition coefficient (Wildman–Crippen LogP) is 1.80. The molecule has 1 aromatic heterocycles. The Morgan fingerprint density at radius 2 is 2.07 bits per heavy atom. The van der Waals surface area contributed by atoms with Crippen LogP contribution in [0.15, 0.2) is 36.7 Å². The molecule has 1 unspecified atom stereocenters. The number of Topliss-reactive ketones (excluding diaryl/α,β-unsaturated/α-hetero) is 1. The molecule has 1 fully saturated rings. The van der Waals surface area contributed by atoms with E-state index in [-0.39, 0.29) is 24.1 Å². The van der Waals surface area contributed by atoms with Gasteiger partial charge in [-0.2, -0.15) is 0 Å². The van der Waals surface area contributed by atoms with E-state index in [9.17, 15) is 4.79 Å². The maximum absolute atomic E-state index is 11.7. The fraction of sp³-hybridized carbons (Fsp3) is 0.400. The van der Waals surface area contributed by atoms with Crippen molar-refractivity contribution in [2.75, 3.05) is 31.7 Å². The van der Waals surface area contributed by atoms with Crippen LogP contribution in [0.4, 0.5) is 5.95 Å². The van der Waals surface area contributed by atoms with Crippen LogP contribution in [0.5, 0.6) is 0 Å². The number of aryl methyl sites for hydroxylation is 1. The molecule has 1 atom stereocenters. The van der Waals surface area contributed by atoms with Crippen LogP contribution in [-0.4, -0.2) is 54.1 Å². The van der Waals surface area contributed by atoms with Crippen LogP contribution in [0.3, 0.4) is 0 Å². The average molecular weight is 383 g/mol. The topological polar surface area (TPSA) is 123 Å². The van der Waals surface area contributed by atoms with Gasteiger partial charge < -0.3 is 20.5 Å². The SMILES string of the molecule is N=C(N)CC(=O)CCc1cccc(-c2cnc(NCC3COCCO3)nc2)c1. The molecule has 1 aromatic carbocycles. The lowest BCUT2D eigenvalue weighted by molar-refractivity contribution is -0.117. The third-order valence-electron chi connectivity index (χ3n) is 4.37. The number of ketones is 1. The number of amidine groups is 1. The standard InChI is InChI=1S/C20H25N5O3/c21-19(22)9-17(26)5-4-14-2-1-3-15(8-14)16-10-23-20(24-11-16)25-12-18-13-27-6-7-28-18/h1-3,8,10-11,18H,4-7,9,12-13H2,(H3,21,22)(H,23,24,25). The van der Waals surface area contributed by atoms with Crippen LogP contribution >= 0.6 is 0 Å². The molecule has 1 aliphatic rings. The van der Waals surface area contributed by atoms with E-state index in [2.05, 4.69) is 15.3 Å². The predicted molar refractivity (Wildman–Crippen MR) is 106 cm³/mol. The molecule has 0 radical (unpaired) electrons.